The first-order valence-corrected chi connectivity index (χ1v) is 6.81. The van der Waals surface area contributed by atoms with Gasteiger partial charge in [0.05, 0.1) is 5.41 Å². The van der Waals surface area contributed by atoms with Crippen molar-refractivity contribution in [3.8, 4) is 0 Å². The third kappa shape index (κ3) is 4.78. The van der Waals surface area contributed by atoms with E-state index in [1.54, 1.807) is 0 Å². The molecule has 0 radical (unpaired) electrons. The van der Waals surface area contributed by atoms with Gasteiger partial charge in [-0.05, 0) is 52.7 Å². The highest BCUT2D eigenvalue weighted by Crippen LogP contribution is 2.25. The van der Waals surface area contributed by atoms with E-state index in [0.29, 0.717) is 6.04 Å². The highest BCUT2D eigenvalue weighted by molar-refractivity contribution is 5.85. The molecular weight excluding hydrogens is 285 g/mol. The van der Waals surface area contributed by atoms with Crippen LogP contribution < -0.4 is 10.6 Å². The van der Waals surface area contributed by atoms with Gasteiger partial charge in [-0.3, -0.25) is 4.79 Å². The van der Waals surface area contributed by atoms with Crippen molar-refractivity contribution in [3.63, 3.8) is 0 Å². The molecule has 19 heavy (non-hydrogen) atoms. The van der Waals surface area contributed by atoms with Crippen molar-refractivity contribution in [2.24, 2.45) is 5.41 Å². The first-order valence-electron chi connectivity index (χ1n) is 6.81. The molecule has 0 bridgehead atoms. The summed E-state index contributed by atoms with van der Waals surface area (Å²) in [4.78, 5) is 14.6. The average Bonchev–Trinajstić information content (AvgIpc) is 2.73. The summed E-state index contributed by atoms with van der Waals surface area (Å²) in [5.74, 6) is 0.227. The Kier molecular flexibility index (Phi) is 8.29. The van der Waals surface area contributed by atoms with E-state index in [1.807, 2.05) is 0 Å². The average molecular weight is 312 g/mol. The topological polar surface area (TPSA) is 44.4 Å². The molecule has 1 amide bonds. The summed E-state index contributed by atoms with van der Waals surface area (Å²) in [5, 5.41) is 6.47. The fourth-order valence-electron chi connectivity index (χ4n) is 2.91. The van der Waals surface area contributed by atoms with Crippen molar-refractivity contribution in [3.05, 3.63) is 0 Å². The number of carbonyl (C=O) groups is 1. The van der Waals surface area contributed by atoms with Crippen LogP contribution in [0.4, 0.5) is 0 Å². The van der Waals surface area contributed by atoms with E-state index in [0.717, 1.165) is 32.5 Å². The Morgan fingerprint density at radius 2 is 2.16 bits per heavy atom. The van der Waals surface area contributed by atoms with Gasteiger partial charge in [-0.25, -0.2) is 0 Å². The summed E-state index contributed by atoms with van der Waals surface area (Å²) in [6.07, 6.45) is 4.58. The molecular formula is C13H27Cl2N3O. The molecule has 2 rings (SSSR count). The lowest BCUT2D eigenvalue weighted by Gasteiger charge is -2.33. The molecule has 0 aromatic heterocycles. The van der Waals surface area contributed by atoms with Crippen LogP contribution in [-0.2, 0) is 4.79 Å². The molecule has 2 saturated heterocycles. The molecule has 0 aliphatic carbocycles. The number of piperidine rings is 1. The molecule has 0 saturated carbocycles. The summed E-state index contributed by atoms with van der Waals surface area (Å²) in [6.45, 7) is 5.92. The fraction of sp³-hybridized carbons (Fsp3) is 0.923. The molecule has 2 aliphatic heterocycles. The number of nitrogens with zero attached hydrogens (tertiary/aromatic N) is 1. The largest absolute Gasteiger partial charge is 0.354 e. The van der Waals surface area contributed by atoms with Crippen LogP contribution in [0.15, 0.2) is 0 Å². The number of rotatable bonds is 3. The highest BCUT2D eigenvalue weighted by atomic mass is 35.5. The van der Waals surface area contributed by atoms with Gasteiger partial charge in [0.25, 0.3) is 0 Å². The molecule has 114 valence electrons. The zero-order valence-electron chi connectivity index (χ0n) is 11.9. The van der Waals surface area contributed by atoms with Gasteiger partial charge in [-0.2, -0.15) is 0 Å². The van der Waals surface area contributed by atoms with Crippen LogP contribution in [0.5, 0.6) is 0 Å². The van der Waals surface area contributed by atoms with Crippen LogP contribution in [-0.4, -0.2) is 50.1 Å². The fourth-order valence-corrected chi connectivity index (χ4v) is 2.91. The van der Waals surface area contributed by atoms with E-state index in [-0.39, 0.29) is 36.1 Å². The van der Waals surface area contributed by atoms with Gasteiger partial charge in [-0.15, -0.1) is 24.8 Å². The smallest absolute Gasteiger partial charge is 0.227 e. The molecule has 4 nitrogen and oxygen atoms in total. The van der Waals surface area contributed by atoms with Crippen molar-refractivity contribution in [1.82, 2.24) is 15.5 Å². The molecule has 2 heterocycles. The number of nitrogens with one attached hydrogen (secondary N) is 2. The summed E-state index contributed by atoms with van der Waals surface area (Å²) in [6, 6.07) is 0.541. The lowest BCUT2D eigenvalue weighted by molar-refractivity contribution is -0.131. The number of likely N-dealkylation sites (N-methyl/N-ethyl adjacent to an activating group) is 1. The molecule has 0 aromatic rings. The van der Waals surface area contributed by atoms with Crippen LogP contribution in [0.2, 0.25) is 0 Å². The number of amides is 1. The number of halogens is 2. The van der Waals surface area contributed by atoms with E-state index >= 15 is 0 Å². The second-order valence-corrected chi connectivity index (χ2v) is 5.83. The number of hydrogen-bond acceptors (Lipinski definition) is 3. The summed E-state index contributed by atoms with van der Waals surface area (Å²) in [5.41, 5.74) is -0.199. The Bertz CT molecular complexity index is 283. The summed E-state index contributed by atoms with van der Waals surface area (Å²) in [7, 11) is 2.15. The van der Waals surface area contributed by atoms with E-state index in [1.165, 1.54) is 19.4 Å². The van der Waals surface area contributed by atoms with Gasteiger partial charge in [0.2, 0.25) is 5.91 Å². The number of hydrogen-bond donors (Lipinski definition) is 2. The quantitative estimate of drug-likeness (QED) is 0.829. The zero-order chi connectivity index (χ0) is 12.3. The highest BCUT2D eigenvalue weighted by Gasteiger charge is 2.35. The maximum absolute atomic E-state index is 12.2. The molecule has 2 N–H and O–H groups in total. The molecule has 2 unspecified atom stereocenters. The molecule has 2 aliphatic rings. The standard InChI is InChI=1S/C13H25N3O.2ClH/c1-13(6-4-7-14-10-13)12(17)15-9-11-5-3-8-16(11)2;;/h11,14H,3-10H2,1-2H3,(H,15,17);2*1H. The van der Waals surface area contributed by atoms with E-state index in [9.17, 15) is 4.79 Å². The van der Waals surface area contributed by atoms with Crippen molar-refractivity contribution < 1.29 is 4.79 Å². The van der Waals surface area contributed by atoms with Gasteiger partial charge in [0.15, 0.2) is 0 Å². The Morgan fingerprint density at radius 3 is 2.68 bits per heavy atom. The van der Waals surface area contributed by atoms with Gasteiger partial charge in [-0.1, -0.05) is 0 Å². The van der Waals surface area contributed by atoms with Crippen molar-refractivity contribution in [2.45, 2.75) is 38.6 Å². The second kappa shape index (κ2) is 8.30. The first-order chi connectivity index (χ1) is 8.12. The second-order valence-electron chi connectivity index (χ2n) is 5.83. The zero-order valence-corrected chi connectivity index (χ0v) is 13.5. The Labute approximate surface area is 128 Å². The van der Waals surface area contributed by atoms with Gasteiger partial charge >= 0.3 is 0 Å². The van der Waals surface area contributed by atoms with Crippen LogP contribution in [0.25, 0.3) is 0 Å². The molecule has 2 fully saturated rings. The molecule has 0 spiro atoms. The number of likely N-dealkylation sites (tertiary alicyclic amines) is 1. The minimum absolute atomic E-state index is 0. The summed E-state index contributed by atoms with van der Waals surface area (Å²) >= 11 is 0. The Balaban J connectivity index is 0.00000162. The van der Waals surface area contributed by atoms with Gasteiger partial charge in [0.1, 0.15) is 0 Å². The predicted octanol–water partition coefficient (Wildman–Crippen LogP) is 1.43. The lowest BCUT2D eigenvalue weighted by atomic mass is 9.82. The SMILES string of the molecule is CN1CCCC1CNC(=O)C1(C)CCCNC1.Cl.Cl. The molecule has 6 heteroatoms. The van der Waals surface area contributed by atoms with Gasteiger partial charge < -0.3 is 15.5 Å². The Morgan fingerprint density at radius 1 is 1.42 bits per heavy atom. The minimum atomic E-state index is -0.199. The lowest BCUT2D eigenvalue weighted by Crippen LogP contribution is -2.50. The van der Waals surface area contributed by atoms with Crippen LogP contribution in [0.3, 0.4) is 0 Å². The molecule has 2 atom stereocenters. The maximum Gasteiger partial charge on any atom is 0.227 e. The number of carbonyl (C=O) groups excluding carboxylic acids is 1. The van der Waals surface area contributed by atoms with Crippen LogP contribution >= 0.6 is 24.8 Å². The van der Waals surface area contributed by atoms with E-state index in [4.69, 9.17) is 0 Å². The van der Waals surface area contributed by atoms with Crippen LogP contribution in [0, 0.1) is 5.41 Å². The Hall–Kier alpha value is -0.0300. The molecule has 0 aromatic carbocycles. The van der Waals surface area contributed by atoms with Crippen molar-refractivity contribution in [2.75, 3.05) is 33.2 Å². The first kappa shape index (κ1) is 19.0. The third-order valence-electron chi connectivity index (χ3n) is 4.32. The summed E-state index contributed by atoms with van der Waals surface area (Å²) < 4.78 is 0. The van der Waals surface area contributed by atoms with E-state index in [2.05, 4.69) is 29.5 Å². The van der Waals surface area contributed by atoms with Crippen molar-refractivity contribution >= 4 is 30.7 Å². The van der Waals surface area contributed by atoms with Gasteiger partial charge in [0, 0.05) is 19.1 Å². The predicted molar refractivity (Wildman–Crippen MR) is 83.4 cm³/mol. The minimum Gasteiger partial charge on any atom is -0.354 e. The van der Waals surface area contributed by atoms with Crippen LogP contribution in [0.1, 0.15) is 32.6 Å². The van der Waals surface area contributed by atoms with Crippen molar-refractivity contribution in [1.29, 1.82) is 0 Å². The normalized spacial score (nSPS) is 31.2. The maximum atomic E-state index is 12.2. The third-order valence-corrected chi connectivity index (χ3v) is 4.32. The van der Waals surface area contributed by atoms with E-state index < -0.39 is 0 Å². The monoisotopic (exact) mass is 311 g/mol.